The first-order valence-corrected chi connectivity index (χ1v) is 10.1. The maximum absolute atomic E-state index is 13.3. The van der Waals surface area contributed by atoms with Crippen molar-refractivity contribution in [3.63, 3.8) is 0 Å². The van der Waals surface area contributed by atoms with E-state index in [-0.39, 0.29) is 17.2 Å². The molecule has 1 aliphatic carbocycles. The van der Waals surface area contributed by atoms with Gasteiger partial charge in [-0.1, -0.05) is 6.07 Å². The summed E-state index contributed by atoms with van der Waals surface area (Å²) in [6.45, 7) is 0. The molecule has 0 unspecified atom stereocenters. The van der Waals surface area contributed by atoms with E-state index in [9.17, 15) is 22.0 Å². The highest BCUT2D eigenvalue weighted by Gasteiger charge is 2.27. The Kier molecular flexibility index (Phi) is 4.74. The van der Waals surface area contributed by atoms with Gasteiger partial charge in [0.15, 0.2) is 11.6 Å². The van der Waals surface area contributed by atoms with E-state index >= 15 is 0 Å². The van der Waals surface area contributed by atoms with Crippen LogP contribution in [0.3, 0.4) is 0 Å². The number of aromatic amines is 1. The molecule has 0 atom stereocenters. The molecule has 0 saturated heterocycles. The smallest absolute Gasteiger partial charge is 0.261 e. The number of benzene rings is 2. The van der Waals surface area contributed by atoms with E-state index in [2.05, 4.69) is 25.2 Å². The topological polar surface area (TPSA) is 117 Å². The van der Waals surface area contributed by atoms with Crippen LogP contribution < -0.4 is 10.0 Å². The Balaban J connectivity index is 1.49. The highest BCUT2D eigenvalue weighted by atomic mass is 32.2. The van der Waals surface area contributed by atoms with Gasteiger partial charge in [0.05, 0.1) is 4.90 Å². The summed E-state index contributed by atoms with van der Waals surface area (Å²) in [7, 11) is -4.17. The highest BCUT2D eigenvalue weighted by molar-refractivity contribution is 7.92. The van der Waals surface area contributed by atoms with Crippen LogP contribution in [0.15, 0.2) is 47.4 Å². The lowest BCUT2D eigenvalue weighted by molar-refractivity contribution is 0.102. The number of aromatic nitrogens is 3. The zero-order chi connectivity index (χ0) is 20.6. The van der Waals surface area contributed by atoms with Crippen LogP contribution >= 0.6 is 0 Å². The van der Waals surface area contributed by atoms with Crippen molar-refractivity contribution in [2.24, 2.45) is 0 Å². The van der Waals surface area contributed by atoms with Crippen molar-refractivity contribution in [2.75, 3.05) is 10.0 Å². The normalized spacial score (nSPS) is 13.9. The molecule has 1 saturated carbocycles. The second kappa shape index (κ2) is 7.24. The number of nitrogens with zero attached hydrogens (tertiary/aromatic N) is 2. The number of nitrogens with one attached hydrogen (secondary N) is 3. The number of carbonyl (C=O) groups is 1. The summed E-state index contributed by atoms with van der Waals surface area (Å²) in [5, 5.41) is 9.24. The summed E-state index contributed by atoms with van der Waals surface area (Å²) >= 11 is 0. The molecule has 0 radical (unpaired) electrons. The largest absolute Gasteiger partial charge is 0.289 e. The molecule has 0 spiro atoms. The summed E-state index contributed by atoms with van der Waals surface area (Å²) in [5.41, 5.74) is 0.240. The molecule has 1 aliphatic rings. The Hall–Kier alpha value is -3.34. The molecule has 29 heavy (non-hydrogen) atoms. The minimum absolute atomic E-state index is 0.0797. The maximum atomic E-state index is 13.3. The van der Waals surface area contributed by atoms with Crippen LogP contribution in [0.4, 0.5) is 20.4 Å². The zero-order valence-electron chi connectivity index (χ0n) is 14.8. The van der Waals surface area contributed by atoms with Crippen molar-refractivity contribution < 1.29 is 22.0 Å². The van der Waals surface area contributed by atoms with Crippen LogP contribution in [-0.4, -0.2) is 29.5 Å². The molecule has 2 aromatic carbocycles. The minimum Gasteiger partial charge on any atom is -0.289 e. The number of carbonyl (C=O) groups excluding carboxylic acids is 1. The second-order valence-electron chi connectivity index (χ2n) is 6.53. The number of amides is 1. The minimum atomic E-state index is -4.17. The average molecular weight is 419 g/mol. The number of hydrogen-bond donors (Lipinski definition) is 3. The molecule has 8 nitrogen and oxygen atoms in total. The van der Waals surface area contributed by atoms with Crippen LogP contribution in [0.1, 0.15) is 34.9 Å². The predicted molar refractivity (Wildman–Crippen MR) is 99.9 cm³/mol. The first-order chi connectivity index (χ1) is 13.8. The van der Waals surface area contributed by atoms with Gasteiger partial charge in [0, 0.05) is 17.2 Å². The number of anilines is 2. The van der Waals surface area contributed by atoms with Gasteiger partial charge in [0.1, 0.15) is 5.82 Å². The summed E-state index contributed by atoms with van der Waals surface area (Å²) in [6, 6.07) is 7.94. The van der Waals surface area contributed by atoms with Crippen molar-refractivity contribution in [3.05, 3.63) is 65.5 Å². The van der Waals surface area contributed by atoms with E-state index in [4.69, 9.17) is 0 Å². The van der Waals surface area contributed by atoms with Crippen LogP contribution in [0.25, 0.3) is 0 Å². The Morgan fingerprint density at radius 1 is 1.10 bits per heavy atom. The fourth-order valence-corrected chi connectivity index (χ4v) is 3.69. The van der Waals surface area contributed by atoms with Gasteiger partial charge in [0.25, 0.3) is 15.9 Å². The number of H-pyrrole nitrogens is 1. The summed E-state index contributed by atoms with van der Waals surface area (Å²) in [6.07, 6.45) is 2.06. The van der Waals surface area contributed by atoms with E-state index < -0.39 is 32.5 Å². The zero-order valence-corrected chi connectivity index (χ0v) is 15.6. The molecule has 1 fully saturated rings. The van der Waals surface area contributed by atoms with Crippen molar-refractivity contribution >= 4 is 27.6 Å². The predicted octanol–water partition coefficient (Wildman–Crippen LogP) is 3.01. The molecule has 11 heteroatoms. The lowest BCUT2D eigenvalue weighted by atomic mass is 10.2. The van der Waals surface area contributed by atoms with Crippen LogP contribution in [0, 0.1) is 11.6 Å². The van der Waals surface area contributed by atoms with Crippen molar-refractivity contribution in [2.45, 2.75) is 23.7 Å². The lowest BCUT2D eigenvalue weighted by Crippen LogP contribution is -2.16. The summed E-state index contributed by atoms with van der Waals surface area (Å²) in [4.78, 5) is 16.2. The number of rotatable bonds is 6. The third kappa shape index (κ3) is 4.24. The highest BCUT2D eigenvalue weighted by Crippen LogP contribution is 2.38. The number of hydrogen-bond acceptors (Lipinski definition) is 5. The molecule has 1 aromatic heterocycles. The van der Waals surface area contributed by atoms with Gasteiger partial charge >= 0.3 is 0 Å². The summed E-state index contributed by atoms with van der Waals surface area (Å²) < 4.78 is 53.4. The molecule has 0 bridgehead atoms. The number of halogens is 2. The fourth-order valence-electron chi connectivity index (χ4n) is 2.63. The van der Waals surface area contributed by atoms with Gasteiger partial charge in [-0.05, 0) is 49.2 Å². The molecule has 1 amide bonds. The first kappa shape index (κ1) is 19.0. The van der Waals surface area contributed by atoms with Crippen LogP contribution in [0.2, 0.25) is 0 Å². The SMILES string of the molecule is O=C(Nc1n[nH]c(C2CC2)n1)c1cccc(NS(=O)(=O)c2ccc(F)c(F)c2)c1. The van der Waals surface area contributed by atoms with E-state index in [0.29, 0.717) is 17.8 Å². The molecule has 0 aliphatic heterocycles. The van der Waals surface area contributed by atoms with Gasteiger partial charge < -0.3 is 0 Å². The second-order valence-corrected chi connectivity index (χ2v) is 8.22. The summed E-state index contributed by atoms with van der Waals surface area (Å²) in [5.74, 6) is -1.77. The van der Waals surface area contributed by atoms with Crippen molar-refractivity contribution in [3.8, 4) is 0 Å². The van der Waals surface area contributed by atoms with Crippen molar-refractivity contribution in [1.82, 2.24) is 15.2 Å². The molecule has 1 heterocycles. The van der Waals surface area contributed by atoms with Gasteiger partial charge in [-0.15, -0.1) is 5.10 Å². The Bertz CT molecular complexity index is 1190. The van der Waals surface area contributed by atoms with Gasteiger partial charge in [-0.25, -0.2) is 17.2 Å². The van der Waals surface area contributed by atoms with Gasteiger partial charge in [-0.3, -0.25) is 19.9 Å². The average Bonchev–Trinajstić information content (AvgIpc) is 3.43. The fraction of sp³-hybridized carbons (Fsp3) is 0.167. The van der Waals surface area contributed by atoms with Crippen LogP contribution in [0.5, 0.6) is 0 Å². The quantitative estimate of drug-likeness (QED) is 0.568. The van der Waals surface area contributed by atoms with Gasteiger partial charge in [-0.2, -0.15) is 4.98 Å². The van der Waals surface area contributed by atoms with E-state index in [0.717, 1.165) is 25.0 Å². The Labute approximate surface area is 164 Å². The molecule has 4 rings (SSSR count). The third-order valence-corrected chi connectivity index (χ3v) is 5.65. The maximum Gasteiger partial charge on any atom is 0.261 e. The van der Waals surface area contributed by atoms with Crippen molar-refractivity contribution in [1.29, 1.82) is 0 Å². The van der Waals surface area contributed by atoms with E-state index in [1.807, 2.05) is 0 Å². The first-order valence-electron chi connectivity index (χ1n) is 8.63. The van der Waals surface area contributed by atoms with Gasteiger partial charge in [0.2, 0.25) is 5.95 Å². The molecule has 150 valence electrons. The number of sulfonamides is 1. The molecule has 3 aromatic rings. The Morgan fingerprint density at radius 3 is 2.62 bits per heavy atom. The lowest BCUT2D eigenvalue weighted by Gasteiger charge is -2.09. The van der Waals surface area contributed by atoms with E-state index in [1.54, 1.807) is 0 Å². The standard InChI is InChI=1S/C18H15F2N5O3S/c19-14-7-6-13(9-15(14)20)29(27,28)25-12-3-1-2-11(8-12)17(26)22-18-21-16(23-24-18)10-4-5-10/h1-3,6-10,25H,4-5H2,(H2,21,22,23,24,26). The van der Waals surface area contributed by atoms with E-state index in [1.165, 1.54) is 24.3 Å². The molecule has 3 N–H and O–H groups in total. The molecular formula is C18H15F2N5O3S. The third-order valence-electron chi connectivity index (χ3n) is 4.27. The van der Waals surface area contributed by atoms with Crippen LogP contribution in [-0.2, 0) is 10.0 Å². The monoisotopic (exact) mass is 419 g/mol. The Morgan fingerprint density at radius 2 is 1.90 bits per heavy atom. The molecular weight excluding hydrogens is 404 g/mol.